The molecule has 0 spiro atoms. The molecule has 2 N–H and O–H groups in total. The molecule has 0 saturated heterocycles. The first kappa shape index (κ1) is 23.6. The van der Waals surface area contributed by atoms with Gasteiger partial charge in [0.2, 0.25) is 0 Å². The van der Waals surface area contributed by atoms with Crippen LogP contribution in [0.5, 0.6) is 5.75 Å². The van der Waals surface area contributed by atoms with Gasteiger partial charge in [0, 0.05) is 6.54 Å². The molecular formula is C24H31NO5. The summed E-state index contributed by atoms with van der Waals surface area (Å²) in [5.41, 5.74) is 1.04. The van der Waals surface area contributed by atoms with E-state index in [9.17, 15) is 14.7 Å². The van der Waals surface area contributed by atoms with Gasteiger partial charge in [-0.1, -0.05) is 49.4 Å². The van der Waals surface area contributed by atoms with Crippen LogP contribution in [0.15, 0.2) is 54.6 Å². The Kier molecular flexibility index (Phi) is 8.57. The van der Waals surface area contributed by atoms with E-state index in [4.69, 9.17) is 9.47 Å². The molecule has 0 fully saturated rings. The van der Waals surface area contributed by atoms with Crippen molar-refractivity contribution in [1.29, 1.82) is 0 Å². The lowest BCUT2D eigenvalue weighted by Gasteiger charge is -2.20. The van der Waals surface area contributed by atoms with E-state index in [1.165, 1.54) is 0 Å². The zero-order valence-corrected chi connectivity index (χ0v) is 18.1. The molecular weight excluding hydrogens is 382 g/mol. The molecule has 2 rings (SSSR count). The number of nitrogens with one attached hydrogen (secondary N) is 1. The Morgan fingerprint density at radius 3 is 2.20 bits per heavy atom. The summed E-state index contributed by atoms with van der Waals surface area (Å²) in [6, 6.07) is 16.3. The van der Waals surface area contributed by atoms with Crippen molar-refractivity contribution < 1.29 is 24.2 Å². The third kappa shape index (κ3) is 7.61. The van der Waals surface area contributed by atoms with Gasteiger partial charge in [-0.15, -0.1) is 0 Å². The van der Waals surface area contributed by atoms with Crippen molar-refractivity contribution in [3.8, 4) is 5.75 Å². The van der Waals surface area contributed by atoms with Gasteiger partial charge in [-0.25, -0.2) is 0 Å². The molecule has 6 nitrogen and oxygen atoms in total. The van der Waals surface area contributed by atoms with E-state index in [2.05, 4.69) is 5.32 Å². The van der Waals surface area contributed by atoms with Crippen molar-refractivity contribution in [2.75, 3.05) is 13.1 Å². The Morgan fingerprint density at radius 2 is 1.63 bits per heavy atom. The number of benzene rings is 2. The van der Waals surface area contributed by atoms with Gasteiger partial charge in [0.1, 0.15) is 11.4 Å². The molecule has 0 aliphatic carbocycles. The van der Waals surface area contributed by atoms with Gasteiger partial charge in [0.15, 0.2) is 0 Å². The molecule has 30 heavy (non-hydrogen) atoms. The molecule has 2 aromatic rings. The van der Waals surface area contributed by atoms with Crippen LogP contribution in [0.3, 0.4) is 0 Å². The summed E-state index contributed by atoms with van der Waals surface area (Å²) in [4.78, 5) is 24.2. The zero-order chi connectivity index (χ0) is 22.1. The topological polar surface area (TPSA) is 84.9 Å². The van der Waals surface area contributed by atoms with E-state index in [1.54, 1.807) is 45.0 Å². The third-order valence-corrected chi connectivity index (χ3v) is 4.41. The first-order chi connectivity index (χ1) is 14.2. The van der Waals surface area contributed by atoms with Crippen molar-refractivity contribution >= 4 is 11.9 Å². The van der Waals surface area contributed by atoms with Crippen LogP contribution in [-0.2, 0) is 14.3 Å². The van der Waals surface area contributed by atoms with Gasteiger partial charge in [-0.05, 0) is 50.5 Å². The first-order valence-corrected chi connectivity index (χ1v) is 10.2. The van der Waals surface area contributed by atoms with Gasteiger partial charge in [-0.2, -0.15) is 0 Å². The summed E-state index contributed by atoms with van der Waals surface area (Å²) in [5, 5.41) is 13.2. The maximum Gasteiger partial charge on any atom is 0.320 e. The maximum atomic E-state index is 12.5. The molecule has 0 aliphatic heterocycles. The summed E-state index contributed by atoms with van der Waals surface area (Å²) in [6.45, 7) is 7.57. The Labute approximate surface area is 178 Å². The Balaban J connectivity index is 1.86. The quantitative estimate of drug-likeness (QED) is 0.481. The highest BCUT2D eigenvalue weighted by Crippen LogP contribution is 2.24. The number of ether oxygens (including phenoxy) is 2. The molecule has 0 saturated carbocycles. The van der Waals surface area contributed by atoms with E-state index in [1.807, 2.05) is 37.3 Å². The molecule has 162 valence electrons. The smallest absolute Gasteiger partial charge is 0.320 e. The number of hydrogen-bond acceptors (Lipinski definition) is 6. The van der Waals surface area contributed by atoms with Crippen LogP contribution < -0.4 is 10.1 Å². The van der Waals surface area contributed by atoms with Gasteiger partial charge in [-0.3, -0.25) is 9.59 Å². The average molecular weight is 414 g/mol. The summed E-state index contributed by atoms with van der Waals surface area (Å²) in [5.74, 6) is -0.586. The average Bonchev–Trinajstić information content (AvgIpc) is 2.68. The lowest BCUT2D eigenvalue weighted by atomic mass is 9.97. The highest BCUT2D eigenvalue weighted by atomic mass is 16.6. The summed E-state index contributed by atoms with van der Waals surface area (Å²) in [6.07, 6.45) is -0.159. The second kappa shape index (κ2) is 10.9. The number of carbonyl (C=O) groups is 2. The Bertz CT molecular complexity index is 812. The van der Waals surface area contributed by atoms with E-state index in [-0.39, 0.29) is 30.9 Å². The van der Waals surface area contributed by atoms with Crippen LogP contribution in [0.1, 0.15) is 57.3 Å². The third-order valence-electron chi connectivity index (χ3n) is 4.41. The van der Waals surface area contributed by atoms with Gasteiger partial charge in [0.25, 0.3) is 0 Å². The zero-order valence-electron chi connectivity index (χ0n) is 18.1. The molecule has 0 aliphatic rings. The molecule has 6 heteroatoms. The fraction of sp³-hybridized carbons (Fsp3) is 0.417. The molecule has 0 bridgehead atoms. The molecule has 0 heterocycles. The van der Waals surface area contributed by atoms with Gasteiger partial charge in [0.05, 0.1) is 18.6 Å². The van der Waals surface area contributed by atoms with Crippen LogP contribution in [0.2, 0.25) is 0 Å². The van der Waals surface area contributed by atoms with Crippen molar-refractivity contribution in [2.45, 2.75) is 51.7 Å². The summed E-state index contributed by atoms with van der Waals surface area (Å²) in [7, 11) is 0. The number of hydrogen-bond donors (Lipinski definition) is 2. The summed E-state index contributed by atoms with van der Waals surface area (Å²) < 4.78 is 10.7. The number of aliphatic hydroxyl groups excluding tert-OH is 1. The highest BCUT2D eigenvalue weighted by molar-refractivity contribution is 5.80. The predicted octanol–water partition coefficient (Wildman–Crippen LogP) is 3.75. The number of esters is 2. The molecule has 0 radical (unpaired) electrons. The SMILES string of the molecule is CCC(C(=O)Oc1ccc(C(O)CNCC(=O)OC(C)(C)C)cc1)c1ccccc1. The maximum absolute atomic E-state index is 12.5. The van der Waals surface area contributed by atoms with Crippen molar-refractivity contribution in [1.82, 2.24) is 5.32 Å². The first-order valence-electron chi connectivity index (χ1n) is 10.2. The number of carbonyl (C=O) groups excluding carboxylic acids is 2. The Morgan fingerprint density at radius 1 is 1.00 bits per heavy atom. The van der Waals surface area contributed by atoms with Crippen LogP contribution in [-0.4, -0.2) is 35.7 Å². The minimum Gasteiger partial charge on any atom is -0.459 e. The van der Waals surface area contributed by atoms with Crippen molar-refractivity contribution in [3.63, 3.8) is 0 Å². The van der Waals surface area contributed by atoms with Gasteiger partial charge < -0.3 is 19.9 Å². The van der Waals surface area contributed by atoms with Crippen LogP contribution in [0.4, 0.5) is 0 Å². The fourth-order valence-corrected chi connectivity index (χ4v) is 2.98. The molecule has 2 atom stereocenters. The fourth-order valence-electron chi connectivity index (χ4n) is 2.98. The Hall–Kier alpha value is -2.70. The lowest BCUT2D eigenvalue weighted by molar-refractivity contribution is -0.153. The van der Waals surface area contributed by atoms with E-state index < -0.39 is 11.7 Å². The minimum atomic E-state index is -0.801. The molecule has 0 aromatic heterocycles. The predicted molar refractivity (Wildman–Crippen MR) is 115 cm³/mol. The van der Waals surface area contributed by atoms with E-state index in [0.29, 0.717) is 17.7 Å². The number of aliphatic hydroxyl groups is 1. The summed E-state index contributed by atoms with van der Waals surface area (Å²) >= 11 is 0. The normalized spacial score (nSPS) is 13.4. The standard InChI is InChI=1S/C24H31NO5/c1-5-20(17-9-7-6-8-10-17)23(28)29-19-13-11-18(12-14-19)21(26)15-25-16-22(27)30-24(2,3)4/h6-14,20-21,25-26H,5,15-16H2,1-4H3. The minimum absolute atomic E-state index is 0.0158. The van der Waals surface area contributed by atoms with Crippen LogP contribution >= 0.6 is 0 Å². The lowest BCUT2D eigenvalue weighted by Crippen LogP contribution is -2.33. The number of rotatable bonds is 9. The largest absolute Gasteiger partial charge is 0.459 e. The monoisotopic (exact) mass is 413 g/mol. The highest BCUT2D eigenvalue weighted by Gasteiger charge is 2.21. The second-order valence-electron chi connectivity index (χ2n) is 8.09. The van der Waals surface area contributed by atoms with Crippen LogP contribution in [0.25, 0.3) is 0 Å². The van der Waals surface area contributed by atoms with Crippen molar-refractivity contribution in [2.24, 2.45) is 0 Å². The molecule has 2 aromatic carbocycles. The van der Waals surface area contributed by atoms with E-state index in [0.717, 1.165) is 5.56 Å². The van der Waals surface area contributed by atoms with Gasteiger partial charge >= 0.3 is 11.9 Å². The van der Waals surface area contributed by atoms with Crippen molar-refractivity contribution in [3.05, 3.63) is 65.7 Å². The second-order valence-corrected chi connectivity index (χ2v) is 8.09. The van der Waals surface area contributed by atoms with Crippen LogP contribution in [0, 0.1) is 0 Å². The molecule has 2 unspecified atom stereocenters. The molecule has 0 amide bonds. The van der Waals surface area contributed by atoms with E-state index >= 15 is 0 Å².